The number of unbranched alkanes of at least 4 members (excludes halogenated alkanes) is 7. The quantitative estimate of drug-likeness (QED) is 0.106. The largest absolute Gasteiger partial charge is 0.494 e. The summed E-state index contributed by atoms with van der Waals surface area (Å²) in [5.74, 6) is 0.0914. The first kappa shape index (κ1) is 29.5. The van der Waals surface area contributed by atoms with Gasteiger partial charge in [-0.2, -0.15) is 0 Å². The van der Waals surface area contributed by atoms with Crippen molar-refractivity contribution in [2.75, 3.05) is 18.2 Å². The maximum Gasteiger partial charge on any atom is 0.338 e. The Labute approximate surface area is 221 Å². The summed E-state index contributed by atoms with van der Waals surface area (Å²) in [7, 11) is 0. The highest BCUT2D eigenvalue weighted by atomic mass is 32.2. The van der Waals surface area contributed by atoms with Crippen molar-refractivity contribution in [3.63, 3.8) is 0 Å². The van der Waals surface area contributed by atoms with E-state index >= 15 is 0 Å². The molecule has 5 nitrogen and oxygen atoms in total. The molecule has 1 N–H and O–H groups in total. The van der Waals surface area contributed by atoms with Crippen LogP contribution >= 0.6 is 11.8 Å². The molecule has 1 amide bonds. The van der Waals surface area contributed by atoms with Gasteiger partial charge in [-0.05, 0) is 75.1 Å². The van der Waals surface area contributed by atoms with Crippen molar-refractivity contribution in [2.45, 2.75) is 83.1 Å². The number of carbonyl (C=O) groups is 2. The molecule has 36 heavy (non-hydrogen) atoms. The number of rotatable bonds is 16. The highest BCUT2D eigenvalue weighted by molar-refractivity contribution is 7.98. The average Bonchev–Trinajstić information content (AvgIpc) is 2.88. The van der Waals surface area contributed by atoms with E-state index in [2.05, 4.69) is 12.2 Å². The number of amides is 1. The monoisotopic (exact) mass is 511 g/mol. The predicted octanol–water partition coefficient (Wildman–Crippen LogP) is 8.30. The maximum atomic E-state index is 12.9. The van der Waals surface area contributed by atoms with Crippen LogP contribution in [0.15, 0.2) is 59.5 Å². The normalized spacial score (nSPS) is 11.9. The topological polar surface area (TPSA) is 64.6 Å². The number of benzene rings is 2. The van der Waals surface area contributed by atoms with Gasteiger partial charge in [0.2, 0.25) is 0 Å². The van der Waals surface area contributed by atoms with E-state index in [-0.39, 0.29) is 12.0 Å². The third-order valence-electron chi connectivity index (χ3n) is 5.82. The highest BCUT2D eigenvalue weighted by Gasteiger charge is 2.15. The van der Waals surface area contributed by atoms with E-state index in [9.17, 15) is 9.59 Å². The van der Waals surface area contributed by atoms with Gasteiger partial charge in [-0.25, -0.2) is 4.79 Å². The average molecular weight is 512 g/mol. The van der Waals surface area contributed by atoms with Crippen molar-refractivity contribution >= 4 is 29.3 Å². The summed E-state index contributed by atoms with van der Waals surface area (Å²) < 4.78 is 11.3. The minimum Gasteiger partial charge on any atom is -0.494 e. The van der Waals surface area contributed by atoms with Crippen LogP contribution in [0.25, 0.3) is 0 Å². The van der Waals surface area contributed by atoms with Crippen LogP contribution in [0.4, 0.5) is 5.69 Å². The molecule has 0 fully saturated rings. The zero-order chi connectivity index (χ0) is 26.2. The predicted molar refractivity (Wildman–Crippen MR) is 150 cm³/mol. The van der Waals surface area contributed by atoms with Crippen LogP contribution in [0.2, 0.25) is 0 Å². The summed E-state index contributed by atoms with van der Waals surface area (Å²) in [5, 5.41) is 2.93. The van der Waals surface area contributed by atoms with Gasteiger partial charge in [0.25, 0.3) is 5.91 Å². The van der Waals surface area contributed by atoms with Crippen LogP contribution in [0.1, 0.15) is 92.9 Å². The molecular weight excluding hydrogens is 470 g/mol. The number of thioether (sulfide) groups is 1. The number of ether oxygens (including phenoxy) is 2. The Morgan fingerprint density at radius 1 is 0.944 bits per heavy atom. The molecule has 2 rings (SSSR count). The smallest absolute Gasteiger partial charge is 0.338 e. The standard InChI is InChI=1S/C30H41NO4S/c1-5-7-8-9-10-11-12-13-21-34-26-18-15-24(16-19-26)29(32)31-27-22-25(17-20-28(27)36-4)30(33)35-23(3)14-6-2/h6,14-20,22-23H,5,7-13,21H2,1-4H3,(H,31,32)/b14-6+. The van der Waals surface area contributed by atoms with Crippen molar-refractivity contribution in [3.05, 3.63) is 65.7 Å². The number of anilines is 1. The van der Waals surface area contributed by atoms with Crippen LogP contribution in [-0.2, 0) is 4.74 Å². The Kier molecular flexibility index (Phi) is 13.8. The molecular formula is C30H41NO4S. The van der Waals surface area contributed by atoms with Crippen LogP contribution in [0.3, 0.4) is 0 Å². The number of hydrogen-bond acceptors (Lipinski definition) is 5. The molecule has 0 bridgehead atoms. The molecule has 0 saturated carbocycles. The Balaban J connectivity index is 1.87. The van der Waals surface area contributed by atoms with Crippen LogP contribution in [0.5, 0.6) is 5.75 Å². The summed E-state index contributed by atoms with van der Waals surface area (Å²) in [5.41, 5.74) is 1.50. The summed E-state index contributed by atoms with van der Waals surface area (Å²) in [4.78, 5) is 26.2. The van der Waals surface area contributed by atoms with E-state index in [1.54, 1.807) is 37.3 Å². The first-order valence-electron chi connectivity index (χ1n) is 13.0. The minimum atomic E-state index is -0.429. The SMILES string of the molecule is C/C=C/C(C)OC(=O)c1ccc(SC)c(NC(=O)c2ccc(OCCCCCCCCCC)cc2)c1. The molecule has 0 aliphatic rings. The van der Waals surface area contributed by atoms with E-state index in [0.717, 1.165) is 17.1 Å². The molecule has 1 unspecified atom stereocenters. The fraction of sp³-hybridized carbons (Fsp3) is 0.467. The van der Waals surface area contributed by atoms with Crippen LogP contribution < -0.4 is 10.1 Å². The molecule has 1 atom stereocenters. The number of nitrogens with one attached hydrogen (secondary N) is 1. The summed E-state index contributed by atoms with van der Waals surface area (Å²) in [6.45, 7) is 6.61. The minimum absolute atomic E-state index is 0.243. The Morgan fingerprint density at radius 3 is 2.22 bits per heavy atom. The lowest BCUT2D eigenvalue weighted by Gasteiger charge is -2.13. The molecule has 0 aliphatic carbocycles. The van der Waals surface area contributed by atoms with Gasteiger partial charge < -0.3 is 14.8 Å². The molecule has 196 valence electrons. The summed E-state index contributed by atoms with van der Waals surface area (Å²) in [6.07, 6.45) is 15.4. The molecule has 0 aromatic heterocycles. The third-order valence-corrected chi connectivity index (χ3v) is 6.62. The molecule has 0 spiro atoms. The van der Waals surface area contributed by atoms with Gasteiger partial charge in [0.05, 0.1) is 17.9 Å². The molecule has 0 radical (unpaired) electrons. The molecule has 2 aromatic rings. The van der Waals surface area contributed by atoms with Gasteiger partial charge in [-0.1, -0.05) is 57.9 Å². The first-order chi connectivity index (χ1) is 17.5. The van der Waals surface area contributed by atoms with Gasteiger partial charge >= 0.3 is 5.97 Å². The maximum absolute atomic E-state index is 12.9. The van der Waals surface area contributed by atoms with Crippen molar-refractivity contribution in [1.82, 2.24) is 0 Å². The van der Waals surface area contributed by atoms with E-state index in [4.69, 9.17) is 9.47 Å². The highest BCUT2D eigenvalue weighted by Crippen LogP contribution is 2.28. The van der Waals surface area contributed by atoms with Crippen LogP contribution in [-0.4, -0.2) is 30.8 Å². The van der Waals surface area contributed by atoms with Crippen LogP contribution in [0, 0.1) is 0 Å². The lowest BCUT2D eigenvalue weighted by molar-refractivity contribution is 0.0424. The van der Waals surface area contributed by atoms with E-state index < -0.39 is 5.97 Å². The Bertz CT molecular complexity index is 971. The number of carbonyl (C=O) groups excluding carboxylic acids is 2. The van der Waals surface area contributed by atoms with E-state index in [1.807, 2.05) is 37.5 Å². The fourth-order valence-electron chi connectivity index (χ4n) is 3.80. The molecule has 6 heteroatoms. The summed E-state index contributed by atoms with van der Waals surface area (Å²) >= 11 is 1.50. The summed E-state index contributed by atoms with van der Waals surface area (Å²) in [6, 6.07) is 12.4. The third kappa shape index (κ3) is 10.5. The van der Waals surface area contributed by atoms with Gasteiger partial charge in [0, 0.05) is 10.5 Å². The second-order valence-corrected chi connectivity index (χ2v) is 9.70. The zero-order valence-electron chi connectivity index (χ0n) is 22.2. The lowest BCUT2D eigenvalue weighted by Crippen LogP contribution is -2.15. The number of hydrogen-bond donors (Lipinski definition) is 1. The van der Waals surface area contributed by atoms with Crippen molar-refractivity contribution in [3.8, 4) is 5.75 Å². The van der Waals surface area contributed by atoms with Crippen molar-refractivity contribution in [1.29, 1.82) is 0 Å². The Hall–Kier alpha value is -2.73. The zero-order valence-corrected chi connectivity index (χ0v) is 23.0. The molecule has 0 saturated heterocycles. The number of allylic oxidation sites excluding steroid dienone is 1. The van der Waals surface area contributed by atoms with Gasteiger partial charge in [0.1, 0.15) is 11.9 Å². The van der Waals surface area contributed by atoms with Crippen molar-refractivity contribution in [2.24, 2.45) is 0 Å². The van der Waals surface area contributed by atoms with Gasteiger partial charge in [-0.3, -0.25) is 4.79 Å². The second kappa shape index (κ2) is 16.9. The molecule has 2 aromatic carbocycles. The molecule has 0 heterocycles. The fourth-order valence-corrected chi connectivity index (χ4v) is 4.34. The Morgan fingerprint density at radius 2 is 1.58 bits per heavy atom. The second-order valence-electron chi connectivity index (χ2n) is 8.85. The molecule has 0 aliphatic heterocycles. The number of esters is 1. The van der Waals surface area contributed by atoms with Gasteiger partial charge in [-0.15, -0.1) is 11.8 Å². The van der Waals surface area contributed by atoms with E-state index in [1.165, 1.54) is 56.7 Å². The van der Waals surface area contributed by atoms with Crippen molar-refractivity contribution < 1.29 is 19.1 Å². The van der Waals surface area contributed by atoms with E-state index in [0.29, 0.717) is 23.4 Å². The first-order valence-corrected chi connectivity index (χ1v) is 14.3. The lowest BCUT2D eigenvalue weighted by atomic mass is 10.1. The van der Waals surface area contributed by atoms with Gasteiger partial charge in [0.15, 0.2) is 0 Å².